The molecule has 1 unspecified atom stereocenters. The third kappa shape index (κ3) is 4.10. The number of rotatable bonds is 4. The molecule has 1 atom stereocenters. The van der Waals surface area contributed by atoms with Gasteiger partial charge in [0.1, 0.15) is 11.6 Å². The molecule has 2 aliphatic rings. The van der Waals surface area contributed by atoms with Gasteiger partial charge in [-0.3, -0.25) is 9.69 Å². The normalized spacial score (nSPS) is 21.1. The van der Waals surface area contributed by atoms with E-state index in [1.807, 2.05) is 22.7 Å². The van der Waals surface area contributed by atoms with Gasteiger partial charge in [-0.15, -0.1) is 0 Å². The van der Waals surface area contributed by atoms with Crippen LogP contribution in [0.15, 0.2) is 30.6 Å². The summed E-state index contributed by atoms with van der Waals surface area (Å²) >= 11 is 0. The molecule has 7 heteroatoms. The largest absolute Gasteiger partial charge is 0.379 e. The fourth-order valence-corrected chi connectivity index (χ4v) is 4.19. The van der Waals surface area contributed by atoms with E-state index in [9.17, 15) is 9.18 Å². The van der Waals surface area contributed by atoms with E-state index in [4.69, 9.17) is 4.74 Å². The van der Waals surface area contributed by atoms with Gasteiger partial charge in [0, 0.05) is 62.8 Å². The molecular weight excluding hydrogens is 359 g/mol. The number of imidazole rings is 1. The Bertz CT molecular complexity index is 832. The zero-order chi connectivity index (χ0) is 19.5. The highest BCUT2D eigenvalue weighted by molar-refractivity contribution is 5.95. The van der Waals surface area contributed by atoms with E-state index in [-0.39, 0.29) is 11.9 Å². The number of carbonyl (C=O) groups is 1. The van der Waals surface area contributed by atoms with Crippen LogP contribution < -0.4 is 0 Å². The molecule has 2 aromatic rings. The number of piperidine rings is 1. The second-order valence-electron chi connectivity index (χ2n) is 7.65. The van der Waals surface area contributed by atoms with Gasteiger partial charge in [-0.25, -0.2) is 9.37 Å². The lowest BCUT2D eigenvalue weighted by atomic mass is 9.99. The van der Waals surface area contributed by atoms with Gasteiger partial charge in [-0.1, -0.05) is 0 Å². The van der Waals surface area contributed by atoms with Gasteiger partial charge >= 0.3 is 0 Å². The first-order valence-electron chi connectivity index (χ1n) is 10.0. The minimum atomic E-state index is -0.411. The molecule has 0 spiro atoms. The third-order valence-electron chi connectivity index (χ3n) is 5.68. The Morgan fingerprint density at radius 1 is 1.21 bits per heavy atom. The highest BCUT2D eigenvalue weighted by Crippen LogP contribution is 2.25. The van der Waals surface area contributed by atoms with Crippen molar-refractivity contribution in [2.75, 3.05) is 39.4 Å². The smallest absolute Gasteiger partial charge is 0.254 e. The van der Waals surface area contributed by atoms with Gasteiger partial charge in [-0.2, -0.15) is 0 Å². The summed E-state index contributed by atoms with van der Waals surface area (Å²) in [7, 11) is 1.86. The van der Waals surface area contributed by atoms with Crippen molar-refractivity contribution in [2.45, 2.75) is 25.3 Å². The molecule has 150 valence electrons. The molecule has 1 amide bonds. The van der Waals surface area contributed by atoms with E-state index in [1.54, 1.807) is 12.3 Å². The summed E-state index contributed by atoms with van der Waals surface area (Å²) in [5.74, 6) is 0.149. The highest BCUT2D eigenvalue weighted by Gasteiger charge is 2.30. The summed E-state index contributed by atoms with van der Waals surface area (Å²) in [5.41, 5.74) is 1.02. The van der Waals surface area contributed by atoms with Crippen LogP contribution in [0.4, 0.5) is 4.39 Å². The van der Waals surface area contributed by atoms with Gasteiger partial charge in [0.2, 0.25) is 0 Å². The topological polar surface area (TPSA) is 50.6 Å². The number of hydrogen-bond donors (Lipinski definition) is 0. The van der Waals surface area contributed by atoms with Crippen molar-refractivity contribution in [2.24, 2.45) is 7.05 Å². The van der Waals surface area contributed by atoms with E-state index in [0.29, 0.717) is 17.0 Å². The number of nitrogens with zero attached hydrogens (tertiary/aromatic N) is 4. The molecule has 0 bridgehead atoms. The SMILES string of the molecule is Cn1ccnc1-c1cc(F)cc(C(=O)N2CCCCC2CN2CCOCC2)c1. The van der Waals surface area contributed by atoms with Gasteiger partial charge < -0.3 is 14.2 Å². The number of likely N-dealkylation sites (tertiary alicyclic amines) is 1. The maximum absolute atomic E-state index is 14.3. The molecule has 4 rings (SSSR count). The van der Waals surface area contributed by atoms with Crippen LogP contribution in [0.2, 0.25) is 0 Å². The fourth-order valence-electron chi connectivity index (χ4n) is 4.19. The second-order valence-corrected chi connectivity index (χ2v) is 7.65. The molecule has 0 radical (unpaired) electrons. The quantitative estimate of drug-likeness (QED) is 0.810. The minimum absolute atomic E-state index is 0.0899. The lowest BCUT2D eigenvalue weighted by Gasteiger charge is -2.39. The molecule has 2 aliphatic heterocycles. The Labute approximate surface area is 164 Å². The van der Waals surface area contributed by atoms with E-state index in [1.165, 1.54) is 12.1 Å². The summed E-state index contributed by atoms with van der Waals surface area (Å²) in [6, 6.07) is 4.70. The predicted octanol–water partition coefficient (Wildman–Crippen LogP) is 2.55. The van der Waals surface area contributed by atoms with E-state index in [0.717, 1.165) is 58.7 Å². The molecule has 0 aliphatic carbocycles. The van der Waals surface area contributed by atoms with Crippen LogP contribution in [-0.4, -0.2) is 70.7 Å². The first-order chi connectivity index (χ1) is 13.6. The van der Waals surface area contributed by atoms with E-state index >= 15 is 0 Å². The molecule has 2 fully saturated rings. The van der Waals surface area contributed by atoms with Gasteiger partial charge in [0.15, 0.2) is 0 Å². The van der Waals surface area contributed by atoms with E-state index in [2.05, 4.69) is 9.88 Å². The highest BCUT2D eigenvalue weighted by atomic mass is 19.1. The van der Waals surface area contributed by atoms with E-state index < -0.39 is 5.82 Å². The molecule has 0 saturated carbocycles. The maximum Gasteiger partial charge on any atom is 0.254 e. The summed E-state index contributed by atoms with van der Waals surface area (Å²) in [6.07, 6.45) is 6.59. The monoisotopic (exact) mass is 386 g/mol. The van der Waals surface area contributed by atoms with Crippen LogP contribution in [0.3, 0.4) is 0 Å². The lowest BCUT2D eigenvalue weighted by Crippen LogP contribution is -2.51. The Hall–Kier alpha value is -2.25. The van der Waals surface area contributed by atoms with Crippen molar-refractivity contribution in [1.29, 1.82) is 0 Å². The number of benzene rings is 1. The summed E-state index contributed by atoms with van der Waals surface area (Å²) in [5, 5.41) is 0. The van der Waals surface area contributed by atoms with Gasteiger partial charge in [-0.05, 0) is 37.5 Å². The van der Waals surface area contributed by atoms with Gasteiger partial charge in [0.25, 0.3) is 5.91 Å². The first kappa shape index (κ1) is 19.1. The van der Waals surface area contributed by atoms with Crippen molar-refractivity contribution in [3.8, 4) is 11.4 Å². The Morgan fingerprint density at radius 3 is 2.79 bits per heavy atom. The Kier molecular flexibility index (Phi) is 5.73. The Balaban J connectivity index is 1.56. The predicted molar refractivity (Wildman–Crippen MR) is 105 cm³/mol. The molecular formula is C21H27FN4O2. The van der Waals surface area contributed by atoms with Crippen LogP contribution >= 0.6 is 0 Å². The second kappa shape index (κ2) is 8.41. The molecule has 2 saturated heterocycles. The number of hydrogen-bond acceptors (Lipinski definition) is 4. The number of halogens is 1. The lowest BCUT2D eigenvalue weighted by molar-refractivity contribution is 0.0166. The summed E-state index contributed by atoms with van der Waals surface area (Å²) in [4.78, 5) is 21.9. The zero-order valence-electron chi connectivity index (χ0n) is 16.3. The Morgan fingerprint density at radius 2 is 2.04 bits per heavy atom. The average Bonchev–Trinajstić information content (AvgIpc) is 3.14. The van der Waals surface area contributed by atoms with Gasteiger partial charge in [0.05, 0.1) is 13.2 Å². The minimum Gasteiger partial charge on any atom is -0.379 e. The molecule has 3 heterocycles. The average molecular weight is 386 g/mol. The number of amides is 1. The van der Waals surface area contributed by atoms with Crippen molar-refractivity contribution >= 4 is 5.91 Å². The van der Waals surface area contributed by atoms with Crippen LogP contribution in [0.5, 0.6) is 0 Å². The summed E-state index contributed by atoms with van der Waals surface area (Å²) < 4.78 is 21.6. The maximum atomic E-state index is 14.3. The first-order valence-corrected chi connectivity index (χ1v) is 10.0. The number of morpholine rings is 1. The standard InChI is InChI=1S/C21H27FN4O2/c1-24-7-5-23-20(24)16-12-17(14-18(22)13-16)21(27)26-6-3-2-4-19(26)15-25-8-10-28-11-9-25/h5,7,12-14,19H,2-4,6,8-11,15H2,1H3. The molecule has 1 aromatic heterocycles. The molecule has 28 heavy (non-hydrogen) atoms. The zero-order valence-corrected chi connectivity index (χ0v) is 16.3. The van der Waals surface area contributed by atoms with Crippen molar-refractivity contribution in [3.63, 3.8) is 0 Å². The number of ether oxygens (including phenoxy) is 1. The molecule has 0 N–H and O–H groups in total. The number of carbonyl (C=O) groups excluding carboxylic acids is 1. The molecule has 6 nitrogen and oxygen atoms in total. The third-order valence-corrected chi connectivity index (χ3v) is 5.68. The van der Waals surface area contributed by atoms with Crippen molar-refractivity contribution in [3.05, 3.63) is 42.0 Å². The van der Waals surface area contributed by atoms with Crippen LogP contribution in [0, 0.1) is 5.82 Å². The fraction of sp³-hybridized carbons (Fsp3) is 0.524. The van der Waals surface area contributed by atoms with Crippen molar-refractivity contribution in [1.82, 2.24) is 19.4 Å². The van der Waals surface area contributed by atoms with Crippen LogP contribution in [0.1, 0.15) is 29.6 Å². The van der Waals surface area contributed by atoms with Crippen LogP contribution in [0.25, 0.3) is 11.4 Å². The summed E-state index contributed by atoms with van der Waals surface area (Å²) in [6.45, 7) is 4.89. The van der Waals surface area contributed by atoms with Crippen LogP contribution in [-0.2, 0) is 11.8 Å². The van der Waals surface area contributed by atoms with Crippen molar-refractivity contribution < 1.29 is 13.9 Å². The molecule has 1 aromatic carbocycles. The number of aromatic nitrogens is 2. The number of aryl methyl sites for hydroxylation is 1.